The van der Waals surface area contributed by atoms with E-state index in [1.165, 1.54) is 145 Å². The van der Waals surface area contributed by atoms with Crippen molar-refractivity contribution < 1.29 is 0 Å². The van der Waals surface area contributed by atoms with E-state index in [4.69, 9.17) is 0 Å². The van der Waals surface area contributed by atoms with E-state index in [1.54, 1.807) is 5.56 Å². The van der Waals surface area contributed by atoms with Crippen molar-refractivity contribution >= 4 is 17.1 Å². The third kappa shape index (κ3) is 5.73. The monoisotopic (exact) mass is 908 g/mol. The van der Waals surface area contributed by atoms with Crippen LogP contribution in [0, 0.1) is 23.7 Å². The lowest BCUT2D eigenvalue weighted by Gasteiger charge is -2.37. The first-order valence-electron chi connectivity index (χ1n) is 26.7. The lowest BCUT2D eigenvalue weighted by Crippen LogP contribution is -2.31. The van der Waals surface area contributed by atoms with Gasteiger partial charge in [-0.1, -0.05) is 206 Å². The van der Waals surface area contributed by atoms with Crippen LogP contribution in [0.5, 0.6) is 0 Å². The van der Waals surface area contributed by atoms with Gasteiger partial charge in [0.1, 0.15) is 0 Å². The Balaban J connectivity index is 1.05. The number of para-hydroxylation sites is 1. The van der Waals surface area contributed by atoms with Gasteiger partial charge < -0.3 is 4.90 Å². The van der Waals surface area contributed by atoms with Crippen LogP contribution in [0.4, 0.5) is 17.1 Å². The maximum Gasteiger partial charge on any atom is 0.0726 e. The molecule has 6 aliphatic carbocycles. The van der Waals surface area contributed by atoms with Crippen LogP contribution < -0.4 is 4.90 Å². The number of benzene rings is 8. The highest BCUT2D eigenvalue weighted by atomic mass is 15.1. The molecule has 0 aliphatic heterocycles. The normalized spacial score (nSPS) is 24.8. The van der Waals surface area contributed by atoms with Gasteiger partial charge in [-0.15, -0.1) is 0 Å². The molecule has 8 aromatic rings. The lowest BCUT2D eigenvalue weighted by atomic mass is 9.66. The van der Waals surface area contributed by atoms with Gasteiger partial charge in [0.25, 0.3) is 0 Å². The molecule has 0 amide bonds. The Bertz CT molecular complexity index is 3440. The smallest absolute Gasteiger partial charge is 0.0726 e. The Morgan fingerprint density at radius 2 is 1.13 bits per heavy atom. The van der Waals surface area contributed by atoms with E-state index in [1.807, 2.05) is 0 Å². The van der Waals surface area contributed by atoms with E-state index in [2.05, 4.69) is 222 Å². The Labute approximate surface area is 416 Å². The Morgan fingerprint density at radius 3 is 1.89 bits per heavy atom. The molecule has 0 radical (unpaired) electrons. The number of fused-ring (bicyclic) bond motifs is 15. The lowest BCUT2D eigenvalue weighted by molar-refractivity contribution is 0.293. The van der Waals surface area contributed by atoms with Crippen LogP contribution in [-0.4, -0.2) is 0 Å². The molecule has 70 heavy (non-hydrogen) atoms. The van der Waals surface area contributed by atoms with Crippen molar-refractivity contribution in [2.24, 2.45) is 23.7 Å². The molecule has 0 heterocycles. The van der Waals surface area contributed by atoms with Gasteiger partial charge >= 0.3 is 0 Å². The molecule has 8 aromatic carbocycles. The van der Waals surface area contributed by atoms with Gasteiger partial charge in [-0.05, 0) is 169 Å². The van der Waals surface area contributed by atoms with Crippen molar-refractivity contribution in [3.8, 4) is 44.5 Å². The number of hydrogen-bond donors (Lipinski definition) is 0. The Kier molecular flexibility index (Phi) is 9.12. The van der Waals surface area contributed by atoms with Crippen LogP contribution in [0.1, 0.15) is 131 Å². The average Bonchev–Trinajstić information content (AvgIpc) is 4.25. The van der Waals surface area contributed by atoms with Gasteiger partial charge in [0, 0.05) is 22.2 Å². The highest BCUT2D eigenvalue weighted by Crippen LogP contribution is 2.67. The molecule has 14 rings (SSSR count). The zero-order valence-corrected chi connectivity index (χ0v) is 41.9. The molecule has 6 unspecified atom stereocenters. The predicted molar refractivity (Wildman–Crippen MR) is 293 cm³/mol. The molecule has 0 saturated heterocycles. The predicted octanol–water partition coefficient (Wildman–Crippen LogP) is 18.3. The van der Waals surface area contributed by atoms with Crippen LogP contribution in [0.3, 0.4) is 0 Å². The second kappa shape index (κ2) is 15.0. The maximum atomic E-state index is 2.74. The van der Waals surface area contributed by atoms with Crippen molar-refractivity contribution in [1.82, 2.24) is 0 Å². The molecular weight excluding hydrogens is 843 g/mol. The summed E-state index contributed by atoms with van der Waals surface area (Å²) in [5.41, 5.74) is 25.4. The zero-order chi connectivity index (χ0) is 47.3. The van der Waals surface area contributed by atoms with Gasteiger partial charge in [-0.2, -0.15) is 0 Å². The zero-order valence-electron chi connectivity index (χ0n) is 41.9. The number of anilines is 3. The molecular formula is C69H65N. The minimum atomic E-state index is -0.488. The standard InChI is InChI=1S/C69H65N/c1-43-27-29-46(37-43)66(2,3)47-31-34-54-55-35-32-49(68(6)42-44-28-30-48(68)38-44)40-62(55)69(61(54)39-47)58-23-14-11-21-56(58)65-59(69)24-16-26-64(65)70(63-25-15-12-19-51(63)45-17-8-7-9-18-45)50-33-36-53-52-20-10-13-22-57(52)67(4,5)60(53)41-50/h7-26,31-36,39-41,43-44,46,48H,27-30,37-38,42H2,1-6H3. The third-order valence-corrected chi connectivity index (χ3v) is 19.8. The molecule has 2 bridgehead atoms. The Hall–Kier alpha value is -6.44. The quantitative estimate of drug-likeness (QED) is 0.154. The fourth-order valence-corrected chi connectivity index (χ4v) is 16.0. The minimum Gasteiger partial charge on any atom is -0.309 e. The van der Waals surface area contributed by atoms with E-state index >= 15 is 0 Å². The van der Waals surface area contributed by atoms with Gasteiger partial charge in [0.2, 0.25) is 0 Å². The molecule has 6 aliphatic rings. The van der Waals surface area contributed by atoms with Crippen LogP contribution in [0.25, 0.3) is 44.5 Å². The molecule has 0 aromatic heterocycles. The molecule has 6 atom stereocenters. The second-order valence-electron chi connectivity index (χ2n) is 24.0. The number of nitrogens with zero attached hydrogens (tertiary/aromatic N) is 1. The van der Waals surface area contributed by atoms with Crippen LogP contribution in [0.2, 0.25) is 0 Å². The molecule has 3 fully saturated rings. The average molecular weight is 908 g/mol. The van der Waals surface area contributed by atoms with E-state index in [0.29, 0.717) is 5.92 Å². The molecule has 1 heteroatoms. The van der Waals surface area contributed by atoms with Gasteiger partial charge in [-0.3, -0.25) is 0 Å². The van der Waals surface area contributed by atoms with Crippen molar-refractivity contribution in [3.63, 3.8) is 0 Å². The maximum absolute atomic E-state index is 2.74. The van der Waals surface area contributed by atoms with Crippen molar-refractivity contribution in [1.29, 1.82) is 0 Å². The first-order chi connectivity index (χ1) is 34.0. The minimum absolute atomic E-state index is 0.0548. The second-order valence-corrected chi connectivity index (χ2v) is 24.0. The SMILES string of the molecule is CC1CCC(C(C)(C)c2ccc3c(c2)C2(c4cc(C5(C)CC6CCC5C6)ccc4-3)c3ccccc3-c3c(N(c4ccc5c(c4)C(C)(C)c4ccccc4-5)c4ccccc4-c4ccccc4)cccc32)C1. The summed E-state index contributed by atoms with van der Waals surface area (Å²) in [7, 11) is 0. The van der Waals surface area contributed by atoms with Gasteiger partial charge in [0.05, 0.1) is 16.8 Å². The first-order valence-corrected chi connectivity index (χ1v) is 26.7. The molecule has 346 valence electrons. The van der Waals surface area contributed by atoms with Crippen LogP contribution in [-0.2, 0) is 21.7 Å². The summed E-state index contributed by atoms with van der Waals surface area (Å²) in [6.07, 6.45) is 9.41. The highest BCUT2D eigenvalue weighted by molar-refractivity contribution is 6.03. The number of rotatable bonds is 7. The van der Waals surface area contributed by atoms with Gasteiger partial charge in [-0.25, -0.2) is 0 Å². The molecule has 0 N–H and O–H groups in total. The summed E-state index contributed by atoms with van der Waals surface area (Å²) in [4.78, 5) is 2.63. The molecule has 1 nitrogen and oxygen atoms in total. The van der Waals surface area contributed by atoms with E-state index in [9.17, 15) is 0 Å². The van der Waals surface area contributed by atoms with E-state index in [-0.39, 0.29) is 16.2 Å². The molecule has 1 spiro atoms. The van der Waals surface area contributed by atoms with Crippen molar-refractivity contribution in [3.05, 3.63) is 220 Å². The molecule has 3 saturated carbocycles. The van der Waals surface area contributed by atoms with Crippen LogP contribution in [0.15, 0.2) is 176 Å². The van der Waals surface area contributed by atoms with E-state index in [0.717, 1.165) is 17.8 Å². The van der Waals surface area contributed by atoms with Crippen molar-refractivity contribution in [2.75, 3.05) is 4.90 Å². The largest absolute Gasteiger partial charge is 0.309 e. The fraction of sp³-hybridized carbons (Fsp3) is 0.304. The fourth-order valence-electron chi connectivity index (χ4n) is 16.0. The van der Waals surface area contributed by atoms with Gasteiger partial charge in [0.15, 0.2) is 0 Å². The summed E-state index contributed by atoms with van der Waals surface area (Å²) in [5.74, 6) is 3.07. The first kappa shape index (κ1) is 42.4. The highest BCUT2D eigenvalue weighted by Gasteiger charge is 2.55. The summed E-state index contributed by atoms with van der Waals surface area (Å²) in [6, 6.07) is 69.0. The number of hydrogen-bond acceptors (Lipinski definition) is 1. The summed E-state index contributed by atoms with van der Waals surface area (Å²) >= 11 is 0. The van der Waals surface area contributed by atoms with Crippen LogP contribution >= 0.6 is 0 Å². The Morgan fingerprint density at radius 1 is 0.486 bits per heavy atom. The summed E-state index contributed by atoms with van der Waals surface area (Å²) in [6.45, 7) is 15.0. The third-order valence-electron chi connectivity index (χ3n) is 19.8. The summed E-state index contributed by atoms with van der Waals surface area (Å²) in [5, 5.41) is 0. The summed E-state index contributed by atoms with van der Waals surface area (Å²) < 4.78 is 0. The topological polar surface area (TPSA) is 3.24 Å². The van der Waals surface area contributed by atoms with E-state index < -0.39 is 5.41 Å². The van der Waals surface area contributed by atoms with Crippen molar-refractivity contribution in [2.45, 2.75) is 108 Å².